The van der Waals surface area contributed by atoms with Crippen LogP contribution in [0.4, 0.5) is 0 Å². The molecule has 0 unspecified atom stereocenters. The molecule has 0 atom stereocenters. The largest absolute Gasteiger partial charge is 0.466 e. The molecule has 8 nitrogen and oxygen atoms in total. The fourth-order valence-electron chi connectivity index (χ4n) is 1.71. The molecule has 0 amide bonds. The average molecular weight is 370 g/mol. The molecule has 2 aromatic heterocycles. The van der Waals surface area contributed by atoms with Crippen molar-refractivity contribution in [3.63, 3.8) is 0 Å². The highest BCUT2D eigenvalue weighted by Crippen LogP contribution is 2.22. The summed E-state index contributed by atoms with van der Waals surface area (Å²) < 4.78 is 10.4. The maximum atomic E-state index is 11.4. The van der Waals surface area contributed by atoms with E-state index in [9.17, 15) is 9.59 Å². The van der Waals surface area contributed by atoms with E-state index in [2.05, 4.69) is 20.2 Å². The number of aromatic amines is 1. The first kappa shape index (κ1) is 18.5. The van der Waals surface area contributed by atoms with Crippen LogP contribution in [-0.2, 0) is 15.3 Å². The fraction of sp³-hybridized carbons (Fsp3) is 0.500. The van der Waals surface area contributed by atoms with Crippen molar-refractivity contribution in [3.8, 4) is 0 Å². The SMILES string of the molecule is CCOC(=O)CCCSc1nnc(CSc2nc(C)cc(=O)[nH]2)o1. The lowest BCUT2D eigenvalue weighted by molar-refractivity contribution is -0.143. The first-order valence-corrected chi connectivity index (χ1v) is 9.35. The Kier molecular flexibility index (Phi) is 7.32. The molecular weight excluding hydrogens is 352 g/mol. The van der Waals surface area contributed by atoms with E-state index in [1.54, 1.807) is 13.8 Å². The van der Waals surface area contributed by atoms with Crippen molar-refractivity contribution in [3.05, 3.63) is 28.0 Å². The number of ether oxygens (including phenoxy) is 1. The number of H-pyrrole nitrogens is 1. The van der Waals surface area contributed by atoms with Gasteiger partial charge in [-0.15, -0.1) is 10.2 Å². The zero-order valence-corrected chi connectivity index (χ0v) is 15.0. The number of carbonyl (C=O) groups is 1. The zero-order chi connectivity index (χ0) is 17.4. The number of aromatic nitrogens is 4. The molecule has 0 aliphatic carbocycles. The summed E-state index contributed by atoms with van der Waals surface area (Å²) in [4.78, 5) is 29.4. The van der Waals surface area contributed by atoms with Crippen molar-refractivity contribution >= 4 is 29.5 Å². The van der Waals surface area contributed by atoms with Crippen molar-refractivity contribution in [2.75, 3.05) is 12.4 Å². The quantitative estimate of drug-likeness (QED) is 0.307. The Morgan fingerprint density at radius 3 is 2.96 bits per heavy atom. The lowest BCUT2D eigenvalue weighted by atomic mass is 10.3. The molecule has 0 saturated carbocycles. The minimum atomic E-state index is -0.194. The van der Waals surface area contributed by atoms with Crippen LogP contribution in [0.3, 0.4) is 0 Å². The molecule has 130 valence electrons. The number of hydrogen-bond donors (Lipinski definition) is 1. The zero-order valence-electron chi connectivity index (χ0n) is 13.4. The Morgan fingerprint density at radius 2 is 2.21 bits per heavy atom. The lowest BCUT2D eigenvalue weighted by Gasteiger charge is -2.00. The van der Waals surface area contributed by atoms with Gasteiger partial charge in [-0.05, 0) is 20.3 Å². The molecule has 2 aromatic rings. The molecule has 0 fully saturated rings. The molecule has 0 radical (unpaired) electrons. The number of rotatable bonds is 9. The van der Waals surface area contributed by atoms with Crippen LogP contribution in [0.1, 0.15) is 31.4 Å². The van der Waals surface area contributed by atoms with Gasteiger partial charge in [0, 0.05) is 23.9 Å². The maximum Gasteiger partial charge on any atom is 0.305 e. The predicted molar refractivity (Wildman–Crippen MR) is 90.0 cm³/mol. The molecule has 10 heteroatoms. The van der Waals surface area contributed by atoms with Crippen LogP contribution in [0, 0.1) is 6.92 Å². The molecule has 1 N–H and O–H groups in total. The molecule has 0 aliphatic rings. The van der Waals surface area contributed by atoms with Crippen LogP contribution < -0.4 is 5.56 Å². The molecule has 2 rings (SSSR count). The van der Waals surface area contributed by atoms with Crippen LogP contribution >= 0.6 is 23.5 Å². The number of esters is 1. The van der Waals surface area contributed by atoms with Gasteiger partial charge in [0.2, 0.25) is 5.89 Å². The second kappa shape index (κ2) is 9.48. The third-order valence-electron chi connectivity index (χ3n) is 2.68. The number of nitrogens with zero attached hydrogens (tertiary/aromatic N) is 3. The van der Waals surface area contributed by atoms with E-state index >= 15 is 0 Å². The van der Waals surface area contributed by atoms with E-state index in [0.717, 1.165) is 0 Å². The van der Waals surface area contributed by atoms with Gasteiger partial charge in [0.25, 0.3) is 10.8 Å². The monoisotopic (exact) mass is 370 g/mol. The number of thioether (sulfide) groups is 2. The van der Waals surface area contributed by atoms with Crippen molar-refractivity contribution in [2.24, 2.45) is 0 Å². The molecule has 0 bridgehead atoms. The minimum Gasteiger partial charge on any atom is -0.466 e. The average Bonchev–Trinajstić information content (AvgIpc) is 2.97. The van der Waals surface area contributed by atoms with E-state index in [0.29, 0.717) is 52.9 Å². The topological polar surface area (TPSA) is 111 Å². The van der Waals surface area contributed by atoms with Gasteiger partial charge in [-0.3, -0.25) is 9.59 Å². The second-order valence-corrected chi connectivity index (χ2v) is 6.71. The van der Waals surface area contributed by atoms with Gasteiger partial charge in [0.05, 0.1) is 12.4 Å². The summed E-state index contributed by atoms with van der Waals surface area (Å²) in [5.74, 6) is 1.38. The van der Waals surface area contributed by atoms with Gasteiger partial charge in [-0.2, -0.15) is 0 Å². The van der Waals surface area contributed by atoms with Crippen molar-refractivity contribution in [1.82, 2.24) is 20.2 Å². The highest BCUT2D eigenvalue weighted by molar-refractivity contribution is 7.99. The molecule has 24 heavy (non-hydrogen) atoms. The predicted octanol–water partition coefficient (Wildman–Crippen LogP) is 2.19. The van der Waals surface area contributed by atoms with Crippen LogP contribution in [0.2, 0.25) is 0 Å². The molecule has 0 aliphatic heterocycles. The van der Waals surface area contributed by atoms with Gasteiger partial charge in [0.15, 0.2) is 5.16 Å². The third kappa shape index (κ3) is 6.36. The summed E-state index contributed by atoms with van der Waals surface area (Å²) in [5, 5.41) is 8.86. The summed E-state index contributed by atoms with van der Waals surface area (Å²) >= 11 is 2.72. The van der Waals surface area contributed by atoms with E-state index in [1.165, 1.54) is 29.6 Å². The van der Waals surface area contributed by atoms with Crippen molar-refractivity contribution in [2.45, 2.75) is 42.8 Å². The van der Waals surface area contributed by atoms with E-state index in [1.807, 2.05) is 0 Å². The molecule has 0 spiro atoms. The second-order valence-electron chi connectivity index (χ2n) is 4.70. The van der Waals surface area contributed by atoms with Crippen molar-refractivity contribution < 1.29 is 13.9 Å². The first-order valence-electron chi connectivity index (χ1n) is 7.38. The minimum absolute atomic E-state index is 0.187. The first-order chi connectivity index (χ1) is 11.6. The van der Waals surface area contributed by atoms with Gasteiger partial charge in [0.1, 0.15) is 0 Å². The molecular formula is C14H18N4O4S2. The highest BCUT2D eigenvalue weighted by atomic mass is 32.2. The lowest BCUT2D eigenvalue weighted by Crippen LogP contribution is -2.08. The van der Waals surface area contributed by atoms with E-state index in [4.69, 9.17) is 9.15 Å². The van der Waals surface area contributed by atoms with Crippen LogP contribution in [0.25, 0.3) is 0 Å². The highest BCUT2D eigenvalue weighted by Gasteiger charge is 2.09. The standard InChI is InChI=1S/C14H18N4O4S2/c1-3-21-12(20)5-4-6-23-14-18-17-11(22-14)8-24-13-15-9(2)7-10(19)16-13/h7H,3-6,8H2,1-2H3,(H,15,16,19). The van der Waals surface area contributed by atoms with Gasteiger partial charge in [-0.25, -0.2) is 4.98 Å². The Bertz CT molecular complexity index is 732. The summed E-state index contributed by atoms with van der Waals surface area (Å²) in [6.45, 7) is 3.95. The smallest absolute Gasteiger partial charge is 0.305 e. The number of hydrogen-bond acceptors (Lipinski definition) is 9. The van der Waals surface area contributed by atoms with Crippen LogP contribution in [0.5, 0.6) is 0 Å². The van der Waals surface area contributed by atoms with Gasteiger partial charge >= 0.3 is 5.97 Å². The summed E-state index contributed by atoms with van der Waals surface area (Å²) in [7, 11) is 0. The van der Waals surface area contributed by atoms with Gasteiger partial charge < -0.3 is 14.1 Å². The summed E-state index contributed by atoms with van der Waals surface area (Å²) in [6, 6.07) is 1.43. The van der Waals surface area contributed by atoms with Crippen LogP contribution in [0.15, 0.2) is 25.7 Å². The number of aryl methyl sites for hydroxylation is 1. The summed E-state index contributed by atoms with van der Waals surface area (Å²) in [6.07, 6.45) is 1.06. The normalized spacial score (nSPS) is 10.8. The molecule has 0 saturated heterocycles. The third-order valence-corrected chi connectivity index (χ3v) is 4.45. The van der Waals surface area contributed by atoms with Crippen molar-refractivity contribution in [1.29, 1.82) is 0 Å². The Balaban J connectivity index is 1.74. The molecule has 2 heterocycles. The fourth-order valence-corrected chi connectivity index (χ4v) is 3.19. The number of carbonyl (C=O) groups excluding carboxylic acids is 1. The number of nitrogens with one attached hydrogen (secondary N) is 1. The Morgan fingerprint density at radius 1 is 1.38 bits per heavy atom. The Hall–Kier alpha value is -1.81. The van der Waals surface area contributed by atoms with Gasteiger partial charge in [-0.1, -0.05) is 23.5 Å². The Labute approximate surface area is 147 Å². The van der Waals surface area contributed by atoms with E-state index in [-0.39, 0.29) is 11.5 Å². The van der Waals surface area contributed by atoms with Crippen LogP contribution in [-0.4, -0.2) is 38.5 Å². The summed E-state index contributed by atoms with van der Waals surface area (Å²) in [5.41, 5.74) is 0.470. The van der Waals surface area contributed by atoms with E-state index < -0.39 is 0 Å². The molecule has 0 aromatic carbocycles. The maximum absolute atomic E-state index is 11.4.